The van der Waals surface area contributed by atoms with Crippen molar-refractivity contribution in [1.29, 1.82) is 0 Å². The van der Waals surface area contributed by atoms with Crippen LogP contribution in [0.1, 0.15) is 23.0 Å². The molecule has 0 aliphatic carbocycles. The van der Waals surface area contributed by atoms with Gasteiger partial charge in [-0.25, -0.2) is 23.1 Å². The first-order valence-electron chi connectivity index (χ1n) is 7.82. The number of aliphatic imine (C=N–C) groups is 1. The molecule has 0 saturated carbocycles. The van der Waals surface area contributed by atoms with E-state index in [0.717, 1.165) is 25.1 Å². The monoisotopic (exact) mass is 400 g/mol. The van der Waals surface area contributed by atoms with Gasteiger partial charge < -0.3 is 15.8 Å². The lowest BCUT2D eigenvalue weighted by Crippen LogP contribution is -2.51. The fourth-order valence-electron chi connectivity index (χ4n) is 2.64. The minimum atomic E-state index is -3.61. The average Bonchev–Trinajstić information content (AvgIpc) is 2.60. The predicted octanol–water partition coefficient (Wildman–Crippen LogP) is 2.95. The van der Waals surface area contributed by atoms with Crippen LogP contribution in [0.3, 0.4) is 0 Å². The van der Waals surface area contributed by atoms with Gasteiger partial charge in [-0.1, -0.05) is 0 Å². The number of nitrogens with zero attached hydrogens (tertiary/aromatic N) is 2. The molecule has 0 radical (unpaired) electrons. The first-order valence-corrected chi connectivity index (χ1v) is 7.82. The Balaban J connectivity index is 1.98. The minimum absolute atomic E-state index is 0.135. The van der Waals surface area contributed by atoms with Gasteiger partial charge in [0.05, 0.1) is 6.20 Å². The Labute approximate surface area is 155 Å². The number of carbonyl (C=O) groups excluding carboxylic acids is 1. The van der Waals surface area contributed by atoms with Gasteiger partial charge in [0.1, 0.15) is 11.6 Å². The second-order valence-corrected chi connectivity index (χ2v) is 6.15. The Morgan fingerprint density at radius 2 is 1.93 bits per heavy atom. The molecule has 11 heteroatoms. The normalized spacial score (nSPS) is 20.9. The number of halogens is 5. The largest absolute Gasteiger partial charge is 0.459 e. The Morgan fingerprint density at radius 3 is 2.61 bits per heavy atom. The van der Waals surface area contributed by atoms with Gasteiger partial charge in [0, 0.05) is 17.3 Å². The van der Waals surface area contributed by atoms with Crippen molar-refractivity contribution >= 4 is 17.6 Å². The van der Waals surface area contributed by atoms with E-state index in [0.29, 0.717) is 12.3 Å². The topological polar surface area (TPSA) is 89.6 Å². The fraction of sp³-hybridized carbons (Fsp3) is 0.235. The van der Waals surface area contributed by atoms with E-state index in [2.05, 4.69) is 20.0 Å². The first-order chi connectivity index (χ1) is 13.0. The lowest BCUT2D eigenvalue weighted by Gasteiger charge is -2.37. The molecule has 2 heterocycles. The molecule has 3 N–H and O–H groups in total. The van der Waals surface area contributed by atoms with Crippen LogP contribution in [-0.2, 0) is 10.3 Å². The lowest BCUT2D eigenvalue weighted by molar-refractivity contribution is -0.117. The highest BCUT2D eigenvalue weighted by Crippen LogP contribution is 2.44. The Kier molecular flexibility index (Phi) is 4.69. The standard InChI is InChI=1S/C17H13F5N4O2/c1-16(17(21,22)7-28-15(23)26-16)10-5-9(2-3-11(10)19)25-14(27)13-12(20)4-8(18)6-24-13/h2-6H,7H2,1H3,(H2,23,26)(H,25,27)/t16-/m1/s1. The summed E-state index contributed by atoms with van der Waals surface area (Å²) in [5, 5.41) is 2.19. The lowest BCUT2D eigenvalue weighted by atomic mass is 9.85. The number of hydrogen-bond donors (Lipinski definition) is 2. The first kappa shape index (κ1) is 19.5. The van der Waals surface area contributed by atoms with Gasteiger partial charge in [-0.2, -0.15) is 8.78 Å². The van der Waals surface area contributed by atoms with Crippen molar-refractivity contribution < 1.29 is 31.5 Å². The van der Waals surface area contributed by atoms with Crippen LogP contribution in [0.15, 0.2) is 35.5 Å². The van der Waals surface area contributed by atoms with Crippen molar-refractivity contribution in [1.82, 2.24) is 4.98 Å². The summed E-state index contributed by atoms with van der Waals surface area (Å²) < 4.78 is 74.3. The van der Waals surface area contributed by atoms with Gasteiger partial charge in [-0.05, 0) is 25.1 Å². The number of amidine groups is 1. The molecule has 1 amide bonds. The van der Waals surface area contributed by atoms with E-state index in [1.165, 1.54) is 0 Å². The molecule has 1 aromatic carbocycles. The number of amides is 1. The number of carbonyl (C=O) groups is 1. The number of aromatic nitrogens is 1. The number of anilines is 1. The molecule has 0 unspecified atom stereocenters. The summed E-state index contributed by atoms with van der Waals surface area (Å²) >= 11 is 0. The number of nitrogens with two attached hydrogens (primary N) is 1. The molecule has 1 aliphatic rings. The second kappa shape index (κ2) is 6.73. The Morgan fingerprint density at radius 1 is 1.21 bits per heavy atom. The van der Waals surface area contributed by atoms with E-state index >= 15 is 0 Å². The van der Waals surface area contributed by atoms with E-state index in [4.69, 9.17) is 5.73 Å². The van der Waals surface area contributed by atoms with Crippen molar-refractivity contribution in [3.8, 4) is 0 Å². The SMILES string of the molecule is C[C@]1(c2cc(NC(=O)c3ncc(F)cc3F)ccc2F)N=C(N)OCC1(F)F. The van der Waals surface area contributed by atoms with Crippen LogP contribution in [0.5, 0.6) is 0 Å². The zero-order chi connectivity index (χ0) is 20.7. The van der Waals surface area contributed by atoms with Crippen LogP contribution in [0.4, 0.5) is 27.6 Å². The van der Waals surface area contributed by atoms with Gasteiger partial charge in [0.2, 0.25) is 0 Å². The maximum atomic E-state index is 14.4. The van der Waals surface area contributed by atoms with Crippen LogP contribution >= 0.6 is 0 Å². The summed E-state index contributed by atoms with van der Waals surface area (Å²) in [6, 6.07) is 2.75. The number of pyridine rings is 1. The highest BCUT2D eigenvalue weighted by molar-refractivity contribution is 6.03. The third-order valence-corrected chi connectivity index (χ3v) is 4.22. The average molecular weight is 400 g/mol. The molecule has 2 aromatic rings. The van der Waals surface area contributed by atoms with E-state index in [1.54, 1.807) is 0 Å². The van der Waals surface area contributed by atoms with Crippen LogP contribution < -0.4 is 11.1 Å². The van der Waals surface area contributed by atoms with Crippen molar-refractivity contribution in [3.05, 3.63) is 59.2 Å². The highest BCUT2D eigenvalue weighted by Gasteiger charge is 2.56. The van der Waals surface area contributed by atoms with E-state index in [-0.39, 0.29) is 5.69 Å². The molecule has 6 nitrogen and oxygen atoms in total. The number of alkyl halides is 2. The molecule has 0 bridgehead atoms. The van der Waals surface area contributed by atoms with Crippen molar-refractivity contribution in [2.75, 3.05) is 11.9 Å². The van der Waals surface area contributed by atoms with Crippen LogP contribution in [0.2, 0.25) is 0 Å². The van der Waals surface area contributed by atoms with Crippen molar-refractivity contribution in [2.24, 2.45) is 10.7 Å². The summed E-state index contributed by atoms with van der Waals surface area (Å²) in [6.45, 7) is -0.146. The third-order valence-electron chi connectivity index (χ3n) is 4.22. The Hall–Kier alpha value is -3.24. The molecule has 1 atom stereocenters. The number of nitrogens with one attached hydrogen (secondary N) is 1. The minimum Gasteiger partial charge on any atom is -0.459 e. The fourth-order valence-corrected chi connectivity index (χ4v) is 2.64. The quantitative estimate of drug-likeness (QED) is 0.776. The van der Waals surface area contributed by atoms with Crippen LogP contribution in [0, 0.1) is 17.5 Å². The molecule has 28 heavy (non-hydrogen) atoms. The number of ether oxygens (including phenoxy) is 1. The van der Waals surface area contributed by atoms with E-state index in [1.807, 2.05) is 0 Å². The number of benzene rings is 1. The number of rotatable bonds is 3. The van der Waals surface area contributed by atoms with Gasteiger partial charge in [-0.3, -0.25) is 4.79 Å². The zero-order valence-corrected chi connectivity index (χ0v) is 14.3. The van der Waals surface area contributed by atoms with E-state index in [9.17, 15) is 26.7 Å². The third kappa shape index (κ3) is 3.35. The summed E-state index contributed by atoms with van der Waals surface area (Å²) in [7, 11) is 0. The smallest absolute Gasteiger partial charge is 0.310 e. The molecule has 3 rings (SSSR count). The molecule has 0 saturated heterocycles. The number of hydrogen-bond acceptors (Lipinski definition) is 5. The van der Waals surface area contributed by atoms with Gasteiger partial charge in [0.15, 0.2) is 23.7 Å². The van der Waals surface area contributed by atoms with Crippen LogP contribution in [-0.4, -0.2) is 29.4 Å². The molecule has 1 aliphatic heterocycles. The van der Waals surface area contributed by atoms with Crippen molar-refractivity contribution in [3.63, 3.8) is 0 Å². The summed E-state index contributed by atoms with van der Waals surface area (Å²) in [5.74, 6) is -7.92. The zero-order valence-electron chi connectivity index (χ0n) is 14.3. The molecular weight excluding hydrogens is 387 g/mol. The maximum absolute atomic E-state index is 14.4. The molecule has 1 aromatic heterocycles. The van der Waals surface area contributed by atoms with Crippen LogP contribution in [0.25, 0.3) is 0 Å². The summed E-state index contributed by atoms with van der Waals surface area (Å²) in [6.07, 6.45) is 0.634. The molecular formula is C17H13F5N4O2. The van der Waals surface area contributed by atoms with Gasteiger partial charge in [0.25, 0.3) is 11.9 Å². The Bertz CT molecular complexity index is 982. The molecule has 0 fully saturated rings. The summed E-state index contributed by atoms with van der Waals surface area (Å²) in [4.78, 5) is 19.0. The second-order valence-electron chi connectivity index (χ2n) is 6.15. The summed E-state index contributed by atoms with van der Waals surface area (Å²) in [5.41, 5.74) is 1.54. The van der Waals surface area contributed by atoms with Gasteiger partial charge in [-0.15, -0.1) is 0 Å². The highest BCUT2D eigenvalue weighted by atomic mass is 19.3. The predicted molar refractivity (Wildman–Crippen MR) is 88.4 cm³/mol. The van der Waals surface area contributed by atoms with E-state index < -0.39 is 58.7 Å². The van der Waals surface area contributed by atoms with Gasteiger partial charge >= 0.3 is 5.92 Å². The molecule has 0 spiro atoms. The van der Waals surface area contributed by atoms with Crippen molar-refractivity contribution in [2.45, 2.75) is 18.4 Å². The molecule has 148 valence electrons. The maximum Gasteiger partial charge on any atom is 0.310 e.